The quantitative estimate of drug-likeness (QED) is 0.0692. The first kappa shape index (κ1) is 43.6. The molecule has 2 saturated heterocycles. The minimum Gasteiger partial charge on any atom is -0.457 e. The van der Waals surface area contributed by atoms with Crippen LogP contribution in [-0.2, 0) is 14.4 Å². The molecule has 1 saturated carbocycles. The van der Waals surface area contributed by atoms with Crippen molar-refractivity contribution in [2.75, 3.05) is 56.9 Å². The lowest BCUT2D eigenvalue weighted by molar-refractivity contribution is -0.136. The lowest BCUT2D eigenvalue weighted by Gasteiger charge is -2.42. The number of piperazine rings is 1. The smallest absolute Gasteiger partial charge is 0.264 e. The maximum Gasteiger partial charge on any atom is 0.264 e. The van der Waals surface area contributed by atoms with E-state index in [9.17, 15) is 24.0 Å². The Balaban J connectivity index is 0.665. The summed E-state index contributed by atoms with van der Waals surface area (Å²) in [4.78, 5) is 73.7. The second kappa shape index (κ2) is 19.6. The van der Waals surface area contributed by atoms with Crippen LogP contribution in [0.25, 0.3) is 22.2 Å². The second-order valence-corrected chi connectivity index (χ2v) is 17.5. The number of hydrogen-bond acceptors (Lipinski definition) is 12. The van der Waals surface area contributed by atoms with Gasteiger partial charge in [-0.05, 0) is 106 Å². The highest BCUT2D eigenvalue weighted by atomic mass is 16.5. The summed E-state index contributed by atoms with van der Waals surface area (Å²) in [5.41, 5.74) is 10.0. The molecule has 1 aliphatic carbocycles. The highest BCUT2D eigenvalue weighted by Gasteiger charge is 2.45. The molecular formula is C49H56N10O6. The van der Waals surface area contributed by atoms with Gasteiger partial charge in [0.2, 0.25) is 17.7 Å². The summed E-state index contributed by atoms with van der Waals surface area (Å²) in [5.74, 6) is -0.456. The molecule has 2 aromatic heterocycles. The van der Waals surface area contributed by atoms with E-state index in [1.807, 2.05) is 60.7 Å². The summed E-state index contributed by atoms with van der Waals surface area (Å²) in [5, 5.41) is 14.2. The molecule has 5 N–H and O–H groups in total. The number of amides is 5. The SMILES string of the molecule is Nc1nccc2c1c(-c1ccc(Oc3ccccc3)cc1)nn2[C@H]1CC[C@H](N2CCN(CCCCCCNC(=O)CNc3cccc4c3C(=O)N(C3CCC(=O)NC3=O)C4=O)CC2)CC1. The van der Waals surface area contributed by atoms with Crippen LogP contribution in [0, 0.1) is 0 Å². The molecule has 16 nitrogen and oxygen atoms in total. The number of aromatic nitrogens is 3. The Kier molecular flexibility index (Phi) is 13.2. The van der Waals surface area contributed by atoms with Crippen LogP contribution in [0.4, 0.5) is 11.5 Å². The molecule has 3 aromatic carbocycles. The van der Waals surface area contributed by atoms with Gasteiger partial charge in [0.15, 0.2) is 0 Å². The fourth-order valence-electron chi connectivity index (χ4n) is 9.86. The van der Waals surface area contributed by atoms with E-state index in [4.69, 9.17) is 15.6 Å². The predicted molar refractivity (Wildman–Crippen MR) is 246 cm³/mol. The number of fused-ring (bicyclic) bond motifs is 2. The summed E-state index contributed by atoms with van der Waals surface area (Å²) >= 11 is 0. The zero-order chi connectivity index (χ0) is 44.9. The number of nitrogens with two attached hydrogens (primary N) is 1. The number of hydrogen-bond donors (Lipinski definition) is 4. The second-order valence-electron chi connectivity index (χ2n) is 17.5. The molecule has 4 aliphatic rings. The van der Waals surface area contributed by atoms with Crippen LogP contribution in [0.2, 0.25) is 0 Å². The molecule has 5 heterocycles. The van der Waals surface area contributed by atoms with Gasteiger partial charge >= 0.3 is 0 Å². The van der Waals surface area contributed by atoms with Crippen molar-refractivity contribution in [3.63, 3.8) is 0 Å². The average Bonchev–Trinajstić information content (AvgIpc) is 3.84. The Hall–Kier alpha value is -6.65. The Morgan fingerprint density at radius 2 is 1.52 bits per heavy atom. The van der Waals surface area contributed by atoms with Crippen molar-refractivity contribution in [3.05, 3.63) is 96.2 Å². The van der Waals surface area contributed by atoms with Crippen molar-refractivity contribution in [3.8, 4) is 22.8 Å². The number of para-hydroxylation sites is 1. The third-order valence-corrected chi connectivity index (χ3v) is 13.3. The number of pyridine rings is 1. The molecule has 0 bridgehead atoms. The number of piperidine rings is 1. The molecule has 5 amide bonds. The van der Waals surface area contributed by atoms with E-state index in [0.29, 0.717) is 30.1 Å². The van der Waals surface area contributed by atoms with Gasteiger partial charge in [-0.1, -0.05) is 37.1 Å². The third kappa shape index (κ3) is 9.59. The molecule has 5 aromatic rings. The van der Waals surface area contributed by atoms with Gasteiger partial charge in [-0.25, -0.2) is 4.98 Å². The van der Waals surface area contributed by atoms with E-state index in [1.54, 1.807) is 18.3 Å². The Morgan fingerprint density at radius 3 is 2.29 bits per heavy atom. The standard InChI is InChI=1S/C49H56N10O6/c50-46-44-39(23-25-52-46)59(55-45(44)32-13-19-36(20-14-32)65-35-9-4-3-5-10-35)34-17-15-33(16-18-34)57-29-27-56(28-30-57)26-7-2-1-6-24-51-42(61)31-53-38-12-8-11-37-43(38)49(64)58(48(37)63)40-21-22-41(60)54-47(40)62/h3-5,8-14,19-20,23,25,33-34,40,53H,1-2,6-7,15-18,21-22,24,26-31H2,(H2,50,52)(H,51,61)(H,54,60,62)/t33-,34-,40?. The number of nitrogens with one attached hydrogen (secondary N) is 3. The maximum atomic E-state index is 13.3. The highest BCUT2D eigenvalue weighted by Crippen LogP contribution is 2.39. The Labute approximate surface area is 377 Å². The van der Waals surface area contributed by atoms with Gasteiger partial charge in [0.25, 0.3) is 11.8 Å². The van der Waals surface area contributed by atoms with Crippen molar-refractivity contribution >= 4 is 51.9 Å². The third-order valence-electron chi connectivity index (χ3n) is 13.3. The Bertz CT molecular complexity index is 2550. The summed E-state index contributed by atoms with van der Waals surface area (Å²) < 4.78 is 8.22. The van der Waals surface area contributed by atoms with Crippen molar-refractivity contribution in [1.29, 1.82) is 0 Å². The summed E-state index contributed by atoms with van der Waals surface area (Å²) in [6.07, 6.45) is 10.4. The number of benzene rings is 3. The number of ether oxygens (including phenoxy) is 1. The van der Waals surface area contributed by atoms with Gasteiger partial charge in [0, 0.05) is 62.6 Å². The topological polar surface area (TPSA) is 197 Å². The maximum absolute atomic E-state index is 13.3. The molecule has 1 unspecified atom stereocenters. The number of carbonyl (C=O) groups excluding carboxylic acids is 5. The van der Waals surface area contributed by atoms with E-state index in [1.165, 1.54) is 6.07 Å². The lowest BCUT2D eigenvalue weighted by atomic mass is 9.89. The van der Waals surface area contributed by atoms with Gasteiger partial charge in [-0.15, -0.1) is 0 Å². The van der Waals surface area contributed by atoms with Crippen LogP contribution in [0.15, 0.2) is 85.1 Å². The molecule has 65 heavy (non-hydrogen) atoms. The molecule has 1 atom stereocenters. The summed E-state index contributed by atoms with van der Waals surface area (Å²) in [6, 6.07) is 24.4. The van der Waals surface area contributed by atoms with E-state index in [2.05, 4.69) is 35.4 Å². The molecule has 0 radical (unpaired) electrons. The number of imide groups is 2. The number of nitrogen functional groups attached to an aromatic ring is 1. The Morgan fingerprint density at radius 1 is 0.785 bits per heavy atom. The van der Waals surface area contributed by atoms with Crippen LogP contribution in [0.1, 0.15) is 91.0 Å². The fraction of sp³-hybridized carbons (Fsp3) is 0.408. The monoisotopic (exact) mass is 880 g/mol. The largest absolute Gasteiger partial charge is 0.457 e. The molecular weight excluding hydrogens is 825 g/mol. The fourth-order valence-corrected chi connectivity index (χ4v) is 9.86. The highest BCUT2D eigenvalue weighted by molar-refractivity contribution is 6.25. The summed E-state index contributed by atoms with van der Waals surface area (Å²) in [7, 11) is 0. The van der Waals surface area contributed by atoms with Crippen LogP contribution < -0.4 is 26.4 Å². The first-order valence-corrected chi connectivity index (χ1v) is 23.0. The number of carbonyl (C=O) groups is 5. The van der Waals surface area contributed by atoms with Gasteiger partial charge in [-0.3, -0.25) is 43.8 Å². The van der Waals surface area contributed by atoms with E-state index in [0.717, 1.165) is 123 Å². The number of rotatable bonds is 16. The minimum absolute atomic E-state index is 0.0467. The zero-order valence-corrected chi connectivity index (χ0v) is 36.5. The minimum atomic E-state index is -1.05. The van der Waals surface area contributed by atoms with Crippen molar-refractivity contribution in [2.24, 2.45) is 0 Å². The molecule has 338 valence electrons. The average molecular weight is 881 g/mol. The number of nitrogens with zero attached hydrogens (tertiary/aromatic N) is 6. The number of anilines is 2. The normalized spacial score (nSPS) is 20.5. The van der Waals surface area contributed by atoms with Crippen molar-refractivity contribution < 1.29 is 28.7 Å². The molecule has 3 aliphatic heterocycles. The van der Waals surface area contributed by atoms with Gasteiger partial charge in [0.1, 0.15) is 29.1 Å². The first-order valence-electron chi connectivity index (χ1n) is 23.0. The summed E-state index contributed by atoms with van der Waals surface area (Å²) in [6.45, 7) is 5.90. The molecule has 0 spiro atoms. The van der Waals surface area contributed by atoms with Crippen LogP contribution in [-0.4, -0.2) is 117 Å². The molecule has 9 rings (SSSR count). The van der Waals surface area contributed by atoms with E-state index >= 15 is 0 Å². The lowest BCUT2D eigenvalue weighted by Crippen LogP contribution is -2.54. The molecule has 3 fully saturated rings. The van der Waals surface area contributed by atoms with Crippen LogP contribution >= 0.6 is 0 Å². The van der Waals surface area contributed by atoms with Gasteiger partial charge in [-0.2, -0.15) is 5.10 Å². The van der Waals surface area contributed by atoms with Crippen molar-refractivity contribution in [2.45, 2.75) is 82.3 Å². The van der Waals surface area contributed by atoms with Gasteiger partial charge < -0.3 is 26.0 Å². The first-order chi connectivity index (χ1) is 31.7. The predicted octanol–water partition coefficient (Wildman–Crippen LogP) is 5.76. The van der Waals surface area contributed by atoms with E-state index in [-0.39, 0.29) is 36.4 Å². The van der Waals surface area contributed by atoms with E-state index < -0.39 is 29.7 Å². The van der Waals surface area contributed by atoms with Crippen molar-refractivity contribution in [1.82, 2.24) is 40.1 Å². The number of unbranched alkanes of at least 4 members (excludes halogenated alkanes) is 3. The van der Waals surface area contributed by atoms with Crippen LogP contribution in [0.3, 0.4) is 0 Å². The zero-order valence-electron chi connectivity index (χ0n) is 36.5. The van der Waals surface area contributed by atoms with Crippen LogP contribution in [0.5, 0.6) is 11.5 Å². The van der Waals surface area contributed by atoms with Gasteiger partial charge in [0.05, 0.1) is 34.6 Å². The molecule has 16 heteroatoms.